The van der Waals surface area contributed by atoms with E-state index in [0.29, 0.717) is 10.7 Å². The fourth-order valence-corrected chi connectivity index (χ4v) is 5.51. The largest absolute Gasteiger partial charge is 0.325 e. The summed E-state index contributed by atoms with van der Waals surface area (Å²) < 4.78 is 0. The van der Waals surface area contributed by atoms with Crippen LogP contribution in [0, 0.1) is 0 Å². The van der Waals surface area contributed by atoms with Crippen LogP contribution in [0.2, 0.25) is 5.02 Å². The molecule has 1 aliphatic heterocycles. The molecule has 4 nitrogen and oxygen atoms in total. The maximum Gasteiger partial charge on any atom is 0.238 e. The van der Waals surface area contributed by atoms with Gasteiger partial charge in [-0.3, -0.25) is 14.7 Å². The maximum atomic E-state index is 13.2. The Labute approximate surface area is 246 Å². The van der Waals surface area contributed by atoms with E-state index < -0.39 is 5.92 Å². The third kappa shape index (κ3) is 6.46. The zero-order valence-electron chi connectivity index (χ0n) is 22.6. The van der Waals surface area contributed by atoms with E-state index in [1.807, 2.05) is 54.6 Å². The number of nitrogens with one attached hydrogen (secondary N) is 1. The van der Waals surface area contributed by atoms with E-state index in [4.69, 9.17) is 16.6 Å². The summed E-state index contributed by atoms with van der Waals surface area (Å²) in [5.41, 5.74) is 7.83. The van der Waals surface area contributed by atoms with Crippen molar-refractivity contribution in [2.45, 2.75) is 25.6 Å². The lowest BCUT2D eigenvalue weighted by Gasteiger charge is -2.23. The van der Waals surface area contributed by atoms with E-state index in [-0.39, 0.29) is 5.91 Å². The van der Waals surface area contributed by atoms with E-state index in [1.165, 1.54) is 16.7 Å². The van der Waals surface area contributed by atoms with Gasteiger partial charge < -0.3 is 5.32 Å². The Morgan fingerprint density at radius 2 is 1.22 bits per heavy atom. The number of carbonyl (C=O) groups is 1. The summed E-state index contributed by atoms with van der Waals surface area (Å²) in [6.07, 6.45) is 0. The highest BCUT2D eigenvalue weighted by atomic mass is 35.5. The first-order valence-corrected chi connectivity index (χ1v) is 14.1. The van der Waals surface area contributed by atoms with E-state index >= 15 is 0 Å². The van der Waals surface area contributed by atoms with Gasteiger partial charge >= 0.3 is 0 Å². The molecule has 6 rings (SSSR count). The summed E-state index contributed by atoms with van der Waals surface area (Å²) in [6, 6.07) is 44.9. The zero-order valence-corrected chi connectivity index (χ0v) is 23.3. The molecule has 0 aliphatic carbocycles. The normalized spacial score (nSPS) is 14.6. The average Bonchev–Trinajstić information content (AvgIpc) is 3.32. The average molecular weight is 556 g/mol. The number of carbonyl (C=O) groups excluding carboxylic acids is 1. The van der Waals surface area contributed by atoms with Crippen LogP contribution in [-0.4, -0.2) is 16.5 Å². The van der Waals surface area contributed by atoms with Crippen molar-refractivity contribution in [3.05, 3.63) is 166 Å². The number of fused-ring (bicyclic) bond motifs is 1. The Kier molecular flexibility index (Phi) is 8.04. The third-order valence-electron chi connectivity index (χ3n) is 7.28. The smallest absolute Gasteiger partial charge is 0.238 e. The predicted octanol–water partition coefficient (Wildman–Crippen LogP) is 8.40. The number of hydrogen-bond acceptors (Lipinski definition) is 3. The molecule has 1 atom stereocenters. The Balaban J connectivity index is 1.28. The van der Waals surface area contributed by atoms with Crippen LogP contribution in [0.25, 0.3) is 0 Å². The van der Waals surface area contributed by atoms with Gasteiger partial charge in [-0.2, -0.15) is 0 Å². The van der Waals surface area contributed by atoms with Gasteiger partial charge in [-0.25, -0.2) is 0 Å². The lowest BCUT2D eigenvalue weighted by Crippen LogP contribution is -2.22. The lowest BCUT2D eigenvalue weighted by molar-refractivity contribution is -0.115. The van der Waals surface area contributed by atoms with Crippen LogP contribution in [0.4, 0.5) is 11.4 Å². The number of benzene rings is 5. The second-order valence-corrected chi connectivity index (χ2v) is 10.7. The van der Waals surface area contributed by atoms with Gasteiger partial charge in [-0.1, -0.05) is 121 Å². The first-order chi connectivity index (χ1) is 20.1. The Hall–Kier alpha value is -4.51. The number of rotatable bonds is 9. The predicted molar refractivity (Wildman–Crippen MR) is 168 cm³/mol. The quantitative estimate of drug-likeness (QED) is 0.186. The fourth-order valence-electron chi connectivity index (χ4n) is 5.33. The number of halogens is 1. The van der Waals surface area contributed by atoms with Crippen molar-refractivity contribution < 1.29 is 4.79 Å². The van der Waals surface area contributed by atoms with Crippen molar-refractivity contribution in [1.82, 2.24) is 4.90 Å². The zero-order chi connectivity index (χ0) is 28.0. The third-order valence-corrected chi connectivity index (χ3v) is 7.51. The topological polar surface area (TPSA) is 44.7 Å². The van der Waals surface area contributed by atoms with E-state index in [9.17, 15) is 4.79 Å². The number of hydrogen-bond donors (Lipinski definition) is 1. The van der Waals surface area contributed by atoms with Gasteiger partial charge in [0.05, 0.1) is 11.4 Å². The number of nitrogens with zero attached hydrogens (tertiary/aromatic N) is 2. The van der Waals surface area contributed by atoms with Crippen LogP contribution in [0.3, 0.4) is 0 Å². The van der Waals surface area contributed by atoms with Crippen LogP contribution in [0.5, 0.6) is 0 Å². The van der Waals surface area contributed by atoms with Crippen molar-refractivity contribution in [2.24, 2.45) is 4.99 Å². The Bertz CT molecular complexity index is 1610. The molecule has 41 heavy (non-hydrogen) atoms. The van der Waals surface area contributed by atoms with E-state index in [0.717, 1.165) is 42.1 Å². The molecular weight excluding hydrogens is 526 g/mol. The molecule has 0 bridgehead atoms. The van der Waals surface area contributed by atoms with Gasteiger partial charge in [0.2, 0.25) is 5.91 Å². The minimum atomic E-state index is -0.517. The molecule has 202 valence electrons. The van der Waals surface area contributed by atoms with E-state index in [1.54, 1.807) is 6.07 Å². The first kappa shape index (κ1) is 26.7. The molecule has 0 aromatic heterocycles. The minimum absolute atomic E-state index is 0.0982. The summed E-state index contributed by atoms with van der Waals surface area (Å²) in [5.74, 6) is -0.615. The first-order valence-electron chi connectivity index (χ1n) is 13.8. The van der Waals surface area contributed by atoms with Gasteiger partial charge in [-0.15, -0.1) is 0 Å². The Morgan fingerprint density at radius 3 is 1.80 bits per heavy atom. The summed E-state index contributed by atoms with van der Waals surface area (Å²) in [7, 11) is 0. The summed E-state index contributed by atoms with van der Waals surface area (Å²) >= 11 is 6.20. The highest BCUT2D eigenvalue weighted by molar-refractivity contribution is 6.31. The molecule has 1 heterocycles. The van der Waals surface area contributed by atoms with Gasteiger partial charge in [0.15, 0.2) is 0 Å². The summed E-state index contributed by atoms with van der Waals surface area (Å²) in [5, 5.41) is 3.57. The molecule has 0 spiro atoms. The highest BCUT2D eigenvalue weighted by Gasteiger charge is 2.35. The molecule has 0 radical (unpaired) electrons. The number of aliphatic imine (C=N–C) groups is 1. The molecule has 5 heteroatoms. The highest BCUT2D eigenvalue weighted by Crippen LogP contribution is 2.37. The second-order valence-electron chi connectivity index (χ2n) is 10.3. The molecule has 1 unspecified atom stereocenters. The second kappa shape index (κ2) is 12.3. The number of amides is 1. The van der Waals surface area contributed by atoms with Crippen LogP contribution < -0.4 is 5.32 Å². The van der Waals surface area contributed by atoms with Crippen LogP contribution in [-0.2, 0) is 24.4 Å². The maximum absolute atomic E-state index is 13.2. The van der Waals surface area contributed by atoms with Gasteiger partial charge in [0.25, 0.3) is 0 Å². The molecule has 0 fully saturated rings. The molecule has 1 N–H and O–H groups in total. The molecule has 5 aromatic rings. The molecule has 1 aliphatic rings. The van der Waals surface area contributed by atoms with Gasteiger partial charge in [0.1, 0.15) is 5.92 Å². The lowest BCUT2D eigenvalue weighted by atomic mass is 9.90. The standard InChI is InChI=1S/C36H30ClN3O/c37-30-18-21-32-33(22-30)39-36(41)34(32)35(29-14-8-3-9-15-29)38-31-19-16-28(17-20-31)25-40(23-26-10-4-1-5-11-26)24-27-12-6-2-7-13-27/h1-22,34H,23-25H2,(H,39,41). The van der Waals surface area contributed by atoms with Crippen molar-refractivity contribution in [3.63, 3.8) is 0 Å². The molecular formula is C36H30ClN3O. The summed E-state index contributed by atoms with van der Waals surface area (Å²) in [4.78, 5) is 20.7. The van der Waals surface area contributed by atoms with Crippen molar-refractivity contribution in [3.8, 4) is 0 Å². The molecule has 0 saturated heterocycles. The Morgan fingerprint density at radius 1 is 0.683 bits per heavy atom. The molecule has 0 saturated carbocycles. The van der Waals surface area contributed by atoms with Crippen molar-refractivity contribution >= 4 is 34.6 Å². The van der Waals surface area contributed by atoms with E-state index in [2.05, 4.69) is 83.0 Å². The monoisotopic (exact) mass is 555 g/mol. The van der Waals surface area contributed by atoms with Gasteiger partial charge in [-0.05, 0) is 52.1 Å². The summed E-state index contributed by atoms with van der Waals surface area (Å²) in [6.45, 7) is 2.51. The SMILES string of the molecule is O=C1Nc2cc(Cl)ccc2C1C(=Nc1ccc(CN(Cc2ccccc2)Cc2ccccc2)cc1)c1ccccc1. The van der Waals surface area contributed by atoms with Crippen LogP contribution >= 0.6 is 11.6 Å². The molecule has 5 aromatic carbocycles. The van der Waals surface area contributed by atoms with Crippen LogP contribution in [0.15, 0.2) is 138 Å². The van der Waals surface area contributed by atoms with Crippen LogP contribution in [0.1, 0.15) is 33.7 Å². The van der Waals surface area contributed by atoms with Gasteiger partial charge in [0, 0.05) is 30.3 Å². The number of anilines is 1. The minimum Gasteiger partial charge on any atom is -0.325 e. The van der Waals surface area contributed by atoms with Crippen molar-refractivity contribution in [2.75, 3.05) is 5.32 Å². The fraction of sp³-hybridized carbons (Fsp3) is 0.111. The van der Waals surface area contributed by atoms with Crippen molar-refractivity contribution in [1.29, 1.82) is 0 Å². The molecule has 1 amide bonds.